The molecule has 3 aliphatic rings. The highest BCUT2D eigenvalue weighted by Crippen LogP contribution is 2.52. The molecule has 0 radical (unpaired) electrons. The molecule has 0 aromatic heterocycles. The van der Waals surface area contributed by atoms with E-state index in [1.165, 1.54) is 0 Å². The number of fused-ring (bicyclic) bond motifs is 1. The summed E-state index contributed by atoms with van der Waals surface area (Å²) in [6.07, 6.45) is 3.24. The van der Waals surface area contributed by atoms with Gasteiger partial charge in [-0.1, -0.05) is 13.8 Å². The second kappa shape index (κ2) is 4.63. The second-order valence-corrected chi connectivity index (χ2v) is 6.66. The average molecular weight is 268 g/mol. The van der Waals surface area contributed by atoms with Crippen molar-refractivity contribution in [3.63, 3.8) is 0 Å². The number of amides is 2. The van der Waals surface area contributed by atoms with Gasteiger partial charge >= 0.3 is 6.03 Å². The predicted octanol–water partition coefficient (Wildman–Crippen LogP) is 0.966. The highest BCUT2D eigenvalue weighted by Gasteiger charge is 2.60. The van der Waals surface area contributed by atoms with E-state index in [-0.39, 0.29) is 30.1 Å². The van der Waals surface area contributed by atoms with Crippen molar-refractivity contribution < 1.29 is 14.6 Å². The third-order valence-corrected chi connectivity index (χ3v) is 5.23. The highest BCUT2D eigenvalue weighted by molar-refractivity contribution is 5.75. The average Bonchev–Trinajstić information content (AvgIpc) is 3.02. The van der Waals surface area contributed by atoms with Gasteiger partial charge in [-0.25, -0.2) is 4.79 Å². The number of aliphatic hydroxyl groups excluding tert-OH is 1. The van der Waals surface area contributed by atoms with Crippen molar-refractivity contribution in [3.05, 3.63) is 0 Å². The molecule has 2 amide bonds. The summed E-state index contributed by atoms with van der Waals surface area (Å²) in [5.74, 6) is 0.467. The van der Waals surface area contributed by atoms with Crippen LogP contribution in [0.5, 0.6) is 0 Å². The van der Waals surface area contributed by atoms with Crippen LogP contribution in [0.4, 0.5) is 4.79 Å². The molecule has 0 aromatic rings. The Bertz CT molecular complexity index is 372. The fourth-order valence-corrected chi connectivity index (χ4v) is 4.13. The first-order chi connectivity index (χ1) is 9.05. The van der Waals surface area contributed by atoms with Crippen LogP contribution in [0.15, 0.2) is 0 Å². The van der Waals surface area contributed by atoms with E-state index in [4.69, 9.17) is 4.74 Å². The molecule has 5 nitrogen and oxygen atoms in total. The fourth-order valence-electron chi connectivity index (χ4n) is 4.13. The van der Waals surface area contributed by atoms with Crippen molar-refractivity contribution in [2.24, 2.45) is 11.3 Å². The molecule has 2 N–H and O–H groups in total. The minimum absolute atomic E-state index is 0.00110. The Hall–Kier alpha value is -0.810. The van der Waals surface area contributed by atoms with Crippen LogP contribution in [0.1, 0.15) is 33.1 Å². The number of hydrogen-bond donors (Lipinski definition) is 2. The van der Waals surface area contributed by atoms with Crippen molar-refractivity contribution >= 4 is 6.03 Å². The molecule has 0 spiro atoms. The summed E-state index contributed by atoms with van der Waals surface area (Å²) in [4.78, 5) is 14.1. The Kier molecular flexibility index (Phi) is 3.21. The van der Waals surface area contributed by atoms with Gasteiger partial charge in [0.15, 0.2) is 0 Å². The smallest absolute Gasteiger partial charge is 0.317 e. The van der Waals surface area contributed by atoms with Crippen LogP contribution in [-0.4, -0.2) is 54.0 Å². The molecule has 4 atom stereocenters. The molecule has 3 fully saturated rings. The van der Waals surface area contributed by atoms with Crippen LogP contribution < -0.4 is 5.32 Å². The van der Waals surface area contributed by atoms with Gasteiger partial charge in [-0.05, 0) is 19.3 Å². The van der Waals surface area contributed by atoms with Crippen molar-refractivity contribution in [1.82, 2.24) is 10.2 Å². The number of hydrogen-bond acceptors (Lipinski definition) is 3. The lowest BCUT2D eigenvalue weighted by Crippen LogP contribution is -2.68. The minimum Gasteiger partial charge on any atom is -0.394 e. The molecule has 5 heteroatoms. The Labute approximate surface area is 114 Å². The van der Waals surface area contributed by atoms with Crippen molar-refractivity contribution in [1.29, 1.82) is 0 Å². The fraction of sp³-hybridized carbons (Fsp3) is 0.929. The largest absolute Gasteiger partial charge is 0.394 e. The van der Waals surface area contributed by atoms with E-state index in [1.807, 2.05) is 0 Å². The Morgan fingerprint density at radius 3 is 3.00 bits per heavy atom. The Morgan fingerprint density at radius 1 is 1.47 bits per heavy atom. The summed E-state index contributed by atoms with van der Waals surface area (Å²) in [5.41, 5.74) is 0.0191. The summed E-state index contributed by atoms with van der Waals surface area (Å²) in [5, 5.41) is 12.5. The molecular weight excluding hydrogens is 244 g/mol. The van der Waals surface area contributed by atoms with Crippen LogP contribution in [0.2, 0.25) is 0 Å². The van der Waals surface area contributed by atoms with Gasteiger partial charge in [0.05, 0.1) is 18.8 Å². The van der Waals surface area contributed by atoms with Gasteiger partial charge in [-0.2, -0.15) is 0 Å². The maximum absolute atomic E-state index is 12.4. The van der Waals surface area contributed by atoms with Gasteiger partial charge in [-0.15, -0.1) is 0 Å². The molecule has 0 aromatic carbocycles. The molecule has 2 saturated heterocycles. The SMILES string of the molecule is CC1(C)C(NC(=O)N2CCC[C@@H]2CO)C2CCOC21. The first-order valence-electron chi connectivity index (χ1n) is 7.35. The molecule has 1 saturated carbocycles. The standard InChI is InChI=1S/C14H24N2O3/c1-14(2)11(10-5-7-19-12(10)14)15-13(18)16-6-3-4-9(16)8-17/h9-12,17H,3-8H2,1-2H3,(H,15,18)/t9-,10?,11?,12?/m1/s1. The zero-order valence-corrected chi connectivity index (χ0v) is 11.8. The van der Waals surface area contributed by atoms with E-state index in [0.29, 0.717) is 12.0 Å². The van der Waals surface area contributed by atoms with Crippen LogP contribution in [0.25, 0.3) is 0 Å². The van der Waals surface area contributed by atoms with Crippen LogP contribution in [-0.2, 0) is 4.74 Å². The molecule has 0 bridgehead atoms. The summed E-state index contributed by atoms with van der Waals surface area (Å²) >= 11 is 0. The quantitative estimate of drug-likeness (QED) is 0.784. The molecule has 2 heterocycles. The molecule has 19 heavy (non-hydrogen) atoms. The zero-order valence-electron chi connectivity index (χ0n) is 11.8. The molecule has 3 unspecified atom stereocenters. The van der Waals surface area contributed by atoms with Crippen LogP contribution >= 0.6 is 0 Å². The van der Waals surface area contributed by atoms with Gasteiger partial charge in [0.1, 0.15) is 0 Å². The summed E-state index contributed by atoms with van der Waals surface area (Å²) < 4.78 is 5.74. The lowest BCUT2D eigenvalue weighted by molar-refractivity contribution is -0.109. The zero-order chi connectivity index (χ0) is 13.6. The Morgan fingerprint density at radius 2 is 2.26 bits per heavy atom. The van der Waals surface area contributed by atoms with E-state index in [2.05, 4.69) is 19.2 Å². The second-order valence-electron chi connectivity index (χ2n) is 6.66. The highest BCUT2D eigenvalue weighted by atomic mass is 16.5. The van der Waals surface area contributed by atoms with Gasteiger partial charge in [0, 0.05) is 30.5 Å². The number of rotatable bonds is 2. The monoisotopic (exact) mass is 268 g/mol. The van der Waals surface area contributed by atoms with E-state index in [1.54, 1.807) is 4.90 Å². The maximum Gasteiger partial charge on any atom is 0.317 e. The lowest BCUT2D eigenvalue weighted by Gasteiger charge is -2.54. The van der Waals surface area contributed by atoms with Crippen molar-refractivity contribution in [2.45, 2.75) is 51.3 Å². The number of aliphatic hydroxyl groups is 1. The lowest BCUT2D eigenvalue weighted by atomic mass is 9.57. The van der Waals surface area contributed by atoms with Crippen LogP contribution in [0, 0.1) is 11.3 Å². The summed E-state index contributed by atoms with van der Waals surface area (Å²) in [6.45, 7) is 5.97. The maximum atomic E-state index is 12.4. The minimum atomic E-state index is -0.0139. The van der Waals surface area contributed by atoms with Crippen LogP contribution in [0.3, 0.4) is 0 Å². The topological polar surface area (TPSA) is 61.8 Å². The number of carbonyl (C=O) groups excluding carboxylic acids is 1. The first-order valence-corrected chi connectivity index (χ1v) is 7.35. The predicted molar refractivity (Wildman–Crippen MR) is 70.8 cm³/mol. The normalized spacial score (nSPS) is 39.8. The molecular formula is C14H24N2O3. The summed E-state index contributed by atoms with van der Waals surface area (Å²) in [6, 6.07) is 0.186. The first kappa shape index (κ1) is 13.2. The van der Waals surface area contributed by atoms with Crippen molar-refractivity contribution in [2.75, 3.05) is 19.8 Å². The van der Waals surface area contributed by atoms with E-state index in [9.17, 15) is 9.90 Å². The number of nitrogens with one attached hydrogen (secondary N) is 1. The van der Waals surface area contributed by atoms with Gasteiger partial charge in [0.2, 0.25) is 0 Å². The summed E-state index contributed by atoms with van der Waals surface area (Å²) in [7, 11) is 0. The third kappa shape index (κ3) is 1.94. The Balaban J connectivity index is 1.63. The van der Waals surface area contributed by atoms with E-state index in [0.717, 1.165) is 32.4 Å². The van der Waals surface area contributed by atoms with Gasteiger partial charge < -0.3 is 20.1 Å². The number of likely N-dealkylation sites (tertiary alicyclic amines) is 1. The number of carbonyl (C=O) groups is 1. The van der Waals surface area contributed by atoms with E-state index >= 15 is 0 Å². The number of urea groups is 1. The van der Waals surface area contributed by atoms with Gasteiger partial charge in [0.25, 0.3) is 0 Å². The number of ether oxygens (including phenoxy) is 1. The van der Waals surface area contributed by atoms with E-state index < -0.39 is 0 Å². The van der Waals surface area contributed by atoms with Crippen molar-refractivity contribution in [3.8, 4) is 0 Å². The number of nitrogens with zero attached hydrogens (tertiary/aromatic N) is 1. The molecule has 2 aliphatic heterocycles. The molecule has 108 valence electrons. The molecule has 3 rings (SSSR count). The third-order valence-electron chi connectivity index (χ3n) is 5.23. The van der Waals surface area contributed by atoms with Gasteiger partial charge in [-0.3, -0.25) is 0 Å². The molecule has 1 aliphatic carbocycles.